The molecule has 0 aliphatic carbocycles. The smallest absolute Gasteiger partial charge is 0.222 e. The molecule has 0 aromatic rings. The molecule has 0 saturated carbocycles. The van der Waals surface area contributed by atoms with Crippen molar-refractivity contribution in [3.05, 3.63) is 0 Å². The summed E-state index contributed by atoms with van der Waals surface area (Å²) in [6.45, 7) is 0.649. The molecule has 72 valence electrons. The lowest BCUT2D eigenvalue weighted by Crippen LogP contribution is -1.93. The minimum Gasteiger partial charge on any atom is -0.365 e. The van der Waals surface area contributed by atoms with Crippen molar-refractivity contribution in [3.8, 4) is 0 Å². The standard InChI is InChI=1S/C6H10Cl2O2S2/c7-5-10-2-4-12-11-3-1-6(8)9/h1-5H2. The van der Waals surface area contributed by atoms with Crippen molar-refractivity contribution >= 4 is 50.0 Å². The molecule has 0 aliphatic heterocycles. The second-order valence-corrected chi connectivity index (χ2v) is 5.11. The van der Waals surface area contributed by atoms with Crippen molar-refractivity contribution in [1.82, 2.24) is 0 Å². The minimum absolute atomic E-state index is 0.241. The van der Waals surface area contributed by atoms with Crippen molar-refractivity contribution in [2.75, 3.05) is 24.2 Å². The molecule has 0 fully saturated rings. The average molecular weight is 249 g/mol. The third kappa shape index (κ3) is 10.9. The fourth-order valence-electron chi connectivity index (χ4n) is 0.387. The van der Waals surface area contributed by atoms with E-state index in [4.69, 9.17) is 27.9 Å². The summed E-state index contributed by atoms with van der Waals surface area (Å²) in [6.07, 6.45) is 0.426. The molecule has 0 spiro atoms. The van der Waals surface area contributed by atoms with Crippen LogP contribution in [0.5, 0.6) is 0 Å². The highest BCUT2D eigenvalue weighted by molar-refractivity contribution is 8.76. The third-order valence-corrected chi connectivity index (χ3v) is 3.57. The van der Waals surface area contributed by atoms with Gasteiger partial charge in [-0.05, 0) is 11.6 Å². The molecular formula is C6H10Cl2O2S2. The summed E-state index contributed by atoms with van der Waals surface area (Å²) in [6, 6.07) is 0.241. The number of alkyl halides is 1. The molecule has 0 aliphatic rings. The second kappa shape index (κ2) is 9.99. The maximum Gasteiger partial charge on any atom is 0.222 e. The number of carbonyl (C=O) groups is 1. The number of hydrogen-bond donors (Lipinski definition) is 0. The second-order valence-electron chi connectivity index (χ2n) is 1.77. The van der Waals surface area contributed by atoms with Crippen molar-refractivity contribution < 1.29 is 9.53 Å². The number of carbonyl (C=O) groups excluding carboxylic acids is 1. The summed E-state index contributed by atoms with van der Waals surface area (Å²) in [5.74, 6) is 1.64. The molecule has 0 radical (unpaired) electrons. The fourth-order valence-corrected chi connectivity index (χ4v) is 2.55. The van der Waals surface area contributed by atoms with Crippen LogP contribution in [-0.4, -0.2) is 29.4 Å². The summed E-state index contributed by atoms with van der Waals surface area (Å²) in [5.41, 5.74) is 0. The lowest BCUT2D eigenvalue weighted by Gasteiger charge is -1.98. The first-order valence-electron chi connectivity index (χ1n) is 3.34. The molecule has 2 nitrogen and oxygen atoms in total. The van der Waals surface area contributed by atoms with Crippen LogP contribution in [0.25, 0.3) is 0 Å². The van der Waals surface area contributed by atoms with Gasteiger partial charge in [-0.2, -0.15) is 0 Å². The first kappa shape index (κ1) is 12.9. The number of halogens is 2. The topological polar surface area (TPSA) is 26.3 Å². The maximum absolute atomic E-state index is 10.3. The van der Waals surface area contributed by atoms with E-state index >= 15 is 0 Å². The van der Waals surface area contributed by atoms with Gasteiger partial charge in [0.2, 0.25) is 5.24 Å². The number of ether oxygens (including phenoxy) is 1. The van der Waals surface area contributed by atoms with Gasteiger partial charge in [-0.25, -0.2) is 0 Å². The van der Waals surface area contributed by atoms with Gasteiger partial charge in [0, 0.05) is 17.9 Å². The Labute approximate surface area is 90.1 Å². The van der Waals surface area contributed by atoms with E-state index in [-0.39, 0.29) is 11.3 Å². The molecular weight excluding hydrogens is 239 g/mol. The number of hydrogen-bond acceptors (Lipinski definition) is 4. The minimum atomic E-state index is -0.278. The van der Waals surface area contributed by atoms with Gasteiger partial charge >= 0.3 is 0 Å². The molecule has 0 N–H and O–H groups in total. The van der Waals surface area contributed by atoms with E-state index in [1.54, 1.807) is 21.6 Å². The van der Waals surface area contributed by atoms with Gasteiger partial charge < -0.3 is 4.74 Å². The molecule has 0 aromatic carbocycles. The van der Waals surface area contributed by atoms with E-state index in [1.807, 2.05) is 0 Å². The van der Waals surface area contributed by atoms with E-state index in [2.05, 4.69) is 0 Å². The van der Waals surface area contributed by atoms with Crippen LogP contribution in [0.15, 0.2) is 0 Å². The fraction of sp³-hybridized carbons (Fsp3) is 0.833. The van der Waals surface area contributed by atoms with E-state index in [0.29, 0.717) is 13.0 Å². The predicted molar refractivity (Wildman–Crippen MR) is 57.1 cm³/mol. The Balaban J connectivity index is 2.86. The Morgan fingerprint density at radius 2 is 2.00 bits per heavy atom. The number of rotatable bonds is 8. The van der Waals surface area contributed by atoms with Crippen LogP contribution in [0, 0.1) is 0 Å². The van der Waals surface area contributed by atoms with E-state index in [9.17, 15) is 4.79 Å². The Bertz CT molecular complexity index is 124. The monoisotopic (exact) mass is 248 g/mol. The normalized spacial score (nSPS) is 10.2. The Kier molecular flexibility index (Phi) is 10.8. The molecule has 0 aromatic heterocycles. The SMILES string of the molecule is O=C(Cl)CCSSCCOCCl. The van der Waals surface area contributed by atoms with Gasteiger partial charge in [-0.1, -0.05) is 33.2 Å². The van der Waals surface area contributed by atoms with Crippen LogP contribution in [0.1, 0.15) is 6.42 Å². The van der Waals surface area contributed by atoms with Gasteiger partial charge in [0.1, 0.15) is 6.07 Å². The first-order valence-corrected chi connectivity index (χ1v) is 6.74. The van der Waals surface area contributed by atoms with Crippen LogP contribution in [-0.2, 0) is 9.53 Å². The highest BCUT2D eigenvalue weighted by atomic mass is 35.5. The summed E-state index contributed by atoms with van der Waals surface area (Å²) in [5, 5.41) is -0.278. The molecule has 12 heavy (non-hydrogen) atoms. The van der Waals surface area contributed by atoms with Gasteiger partial charge in [-0.15, -0.1) is 0 Å². The molecule has 6 heteroatoms. The van der Waals surface area contributed by atoms with Crippen LogP contribution in [0.4, 0.5) is 0 Å². The van der Waals surface area contributed by atoms with E-state index in [0.717, 1.165) is 11.5 Å². The van der Waals surface area contributed by atoms with Crippen LogP contribution < -0.4 is 0 Å². The zero-order valence-corrected chi connectivity index (χ0v) is 9.57. The molecule has 0 amide bonds. The lowest BCUT2D eigenvalue weighted by atomic mass is 10.6. The highest BCUT2D eigenvalue weighted by Gasteiger charge is 1.96. The van der Waals surface area contributed by atoms with Crippen molar-refractivity contribution in [3.63, 3.8) is 0 Å². The van der Waals surface area contributed by atoms with E-state index < -0.39 is 0 Å². The zero-order chi connectivity index (χ0) is 9.23. The maximum atomic E-state index is 10.3. The Hall–Kier alpha value is 0.910. The van der Waals surface area contributed by atoms with Crippen LogP contribution >= 0.6 is 44.8 Å². The van der Waals surface area contributed by atoms with Crippen LogP contribution in [0.3, 0.4) is 0 Å². The Morgan fingerprint density at radius 1 is 1.33 bits per heavy atom. The predicted octanol–water partition coefficient (Wildman–Crippen LogP) is 2.74. The largest absolute Gasteiger partial charge is 0.365 e. The van der Waals surface area contributed by atoms with Gasteiger partial charge in [0.05, 0.1) is 6.61 Å². The molecule has 0 heterocycles. The lowest BCUT2D eigenvalue weighted by molar-refractivity contribution is -0.111. The van der Waals surface area contributed by atoms with Crippen molar-refractivity contribution in [1.29, 1.82) is 0 Å². The summed E-state index contributed by atoms with van der Waals surface area (Å²) in [7, 11) is 3.28. The first-order chi connectivity index (χ1) is 5.77. The van der Waals surface area contributed by atoms with Gasteiger partial charge in [0.25, 0.3) is 0 Å². The van der Waals surface area contributed by atoms with E-state index in [1.165, 1.54) is 0 Å². The van der Waals surface area contributed by atoms with Crippen molar-refractivity contribution in [2.45, 2.75) is 6.42 Å². The quantitative estimate of drug-likeness (QED) is 0.286. The molecule has 0 atom stereocenters. The molecule has 0 bridgehead atoms. The van der Waals surface area contributed by atoms with Gasteiger partial charge in [0.15, 0.2) is 0 Å². The zero-order valence-electron chi connectivity index (χ0n) is 6.42. The van der Waals surface area contributed by atoms with Crippen LogP contribution in [0.2, 0.25) is 0 Å². The summed E-state index contributed by atoms with van der Waals surface area (Å²) in [4.78, 5) is 10.3. The highest BCUT2D eigenvalue weighted by Crippen LogP contribution is 2.21. The molecule has 0 rings (SSSR count). The average Bonchev–Trinajstić information content (AvgIpc) is 2.02. The third-order valence-electron chi connectivity index (χ3n) is 0.853. The molecule has 0 saturated heterocycles. The molecule has 0 unspecified atom stereocenters. The summed E-state index contributed by atoms with van der Waals surface area (Å²) >= 11 is 10.4. The summed E-state index contributed by atoms with van der Waals surface area (Å²) < 4.78 is 4.90. The van der Waals surface area contributed by atoms with Crippen molar-refractivity contribution in [2.24, 2.45) is 0 Å². The van der Waals surface area contributed by atoms with Gasteiger partial charge in [-0.3, -0.25) is 4.79 Å². The Morgan fingerprint density at radius 3 is 2.58 bits per heavy atom.